The van der Waals surface area contributed by atoms with Gasteiger partial charge < -0.3 is 4.74 Å². The van der Waals surface area contributed by atoms with E-state index in [-0.39, 0.29) is 5.78 Å². The third-order valence-electron chi connectivity index (χ3n) is 4.42. The normalized spacial score (nSPS) is 10.4. The van der Waals surface area contributed by atoms with Crippen molar-refractivity contribution < 1.29 is 14.3 Å². The summed E-state index contributed by atoms with van der Waals surface area (Å²) in [7, 11) is 0. The zero-order valence-electron chi connectivity index (χ0n) is 15.6. The van der Waals surface area contributed by atoms with Crippen LogP contribution in [0.5, 0.6) is 5.75 Å². The Hall–Kier alpha value is -3.20. The highest BCUT2D eigenvalue weighted by atomic mass is 16.5. The van der Waals surface area contributed by atoms with E-state index in [1.807, 2.05) is 12.1 Å². The number of aryl methyl sites for hydroxylation is 1. The lowest BCUT2D eigenvalue weighted by atomic mass is 10.0. The lowest BCUT2D eigenvalue weighted by molar-refractivity contribution is 0.0734. The highest BCUT2D eigenvalue weighted by molar-refractivity contribution is 5.94. The molecule has 0 aliphatic rings. The van der Waals surface area contributed by atoms with Gasteiger partial charge in [0.2, 0.25) is 0 Å². The molecule has 0 N–H and O–H groups in total. The van der Waals surface area contributed by atoms with Crippen LogP contribution < -0.4 is 4.74 Å². The fraction of sp³-hybridized carbons (Fsp3) is 0.167. The van der Waals surface area contributed by atoms with E-state index in [1.165, 1.54) is 12.5 Å². The van der Waals surface area contributed by atoms with Crippen LogP contribution in [-0.4, -0.2) is 11.8 Å². The first-order chi connectivity index (χ1) is 13.1. The molecule has 27 heavy (non-hydrogen) atoms. The van der Waals surface area contributed by atoms with E-state index < -0.39 is 5.97 Å². The van der Waals surface area contributed by atoms with E-state index in [1.54, 1.807) is 36.4 Å². The third-order valence-corrected chi connectivity index (χ3v) is 4.42. The van der Waals surface area contributed by atoms with E-state index in [9.17, 15) is 9.59 Å². The number of ketones is 1. The van der Waals surface area contributed by atoms with Crippen LogP contribution in [0.15, 0.2) is 72.8 Å². The minimum absolute atomic E-state index is 0.0220. The summed E-state index contributed by atoms with van der Waals surface area (Å²) in [5.41, 5.74) is 4.58. The molecule has 0 saturated carbocycles. The molecule has 0 amide bonds. The van der Waals surface area contributed by atoms with Crippen molar-refractivity contribution in [1.82, 2.24) is 0 Å². The Labute approximate surface area is 159 Å². The Morgan fingerprint density at radius 1 is 0.741 bits per heavy atom. The lowest BCUT2D eigenvalue weighted by Gasteiger charge is -2.07. The fourth-order valence-electron chi connectivity index (χ4n) is 2.87. The molecule has 0 spiro atoms. The van der Waals surface area contributed by atoms with Gasteiger partial charge in [0.25, 0.3) is 0 Å². The van der Waals surface area contributed by atoms with E-state index in [2.05, 4.69) is 31.2 Å². The summed E-state index contributed by atoms with van der Waals surface area (Å²) >= 11 is 0. The van der Waals surface area contributed by atoms with Crippen LogP contribution in [0, 0.1) is 0 Å². The molecule has 0 fully saturated rings. The van der Waals surface area contributed by atoms with Crippen molar-refractivity contribution in [3.63, 3.8) is 0 Å². The molecule has 0 aliphatic carbocycles. The van der Waals surface area contributed by atoms with Crippen molar-refractivity contribution >= 4 is 11.8 Å². The first-order valence-corrected chi connectivity index (χ1v) is 9.09. The number of rotatable bonds is 6. The molecular formula is C24H22O3. The van der Waals surface area contributed by atoms with Gasteiger partial charge in [-0.1, -0.05) is 49.7 Å². The van der Waals surface area contributed by atoms with Crippen LogP contribution in [0.3, 0.4) is 0 Å². The third kappa shape index (κ3) is 4.70. The predicted molar refractivity (Wildman–Crippen MR) is 107 cm³/mol. The molecule has 0 atom stereocenters. The number of carbonyl (C=O) groups excluding carboxylic acids is 2. The van der Waals surface area contributed by atoms with Gasteiger partial charge in [0.15, 0.2) is 5.78 Å². The smallest absolute Gasteiger partial charge is 0.343 e. The number of Topliss-reactive ketones (excluding diaryl/α,β-unsaturated/α-hetero) is 1. The summed E-state index contributed by atoms with van der Waals surface area (Å²) in [6.07, 6.45) is 2.21. The second kappa shape index (κ2) is 8.45. The molecular weight excluding hydrogens is 336 g/mol. The van der Waals surface area contributed by atoms with Crippen LogP contribution in [0.1, 0.15) is 46.5 Å². The second-order valence-corrected chi connectivity index (χ2v) is 6.49. The highest BCUT2D eigenvalue weighted by Crippen LogP contribution is 2.22. The monoisotopic (exact) mass is 358 g/mol. The van der Waals surface area contributed by atoms with Gasteiger partial charge in [0.1, 0.15) is 5.75 Å². The first kappa shape index (κ1) is 18.6. The molecule has 3 heteroatoms. The van der Waals surface area contributed by atoms with E-state index in [0.717, 1.165) is 24.0 Å². The molecule has 0 heterocycles. The average Bonchev–Trinajstić information content (AvgIpc) is 2.69. The molecule has 3 rings (SSSR count). The maximum Gasteiger partial charge on any atom is 0.343 e. The molecule has 3 aromatic carbocycles. The van der Waals surface area contributed by atoms with Gasteiger partial charge in [-0.05, 0) is 66.4 Å². The number of benzene rings is 3. The number of carbonyl (C=O) groups is 2. The first-order valence-electron chi connectivity index (χ1n) is 9.09. The van der Waals surface area contributed by atoms with Crippen LogP contribution in [-0.2, 0) is 6.42 Å². The maximum absolute atomic E-state index is 12.3. The molecule has 0 aliphatic heterocycles. The van der Waals surface area contributed by atoms with Crippen molar-refractivity contribution in [2.24, 2.45) is 0 Å². The summed E-state index contributed by atoms with van der Waals surface area (Å²) in [4.78, 5) is 23.6. The molecule has 136 valence electrons. The maximum atomic E-state index is 12.3. The van der Waals surface area contributed by atoms with Crippen LogP contribution in [0.25, 0.3) is 11.1 Å². The Bertz CT molecular complexity index is 921. The zero-order chi connectivity index (χ0) is 19.2. The van der Waals surface area contributed by atoms with E-state index in [0.29, 0.717) is 16.9 Å². The quantitative estimate of drug-likeness (QED) is 0.321. The Balaban J connectivity index is 1.68. The summed E-state index contributed by atoms with van der Waals surface area (Å²) < 4.78 is 5.37. The molecule has 0 unspecified atom stereocenters. The van der Waals surface area contributed by atoms with Gasteiger partial charge in [-0.15, -0.1) is 0 Å². The molecule has 0 bridgehead atoms. The van der Waals surface area contributed by atoms with Gasteiger partial charge in [-0.3, -0.25) is 4.79 Å². The minimum Gasteiger partial charge on any atom is -0.423 e. The Morgan fingerprint density at radius 2 is 1.26 bits per heavy atom. The standard InChI is InChI=1S/C24H22O3/c1-3-4-18-5-7-20(8-6-18)21-9-11-22(12-10-21)24(26)27-23-15-13-19(14-16-23)17(2)25/h5-16H,3-4H2,1-2H3. The molecule has 0 radical (unpaired) electrons. The van der Waals surface area contributed by atoms with Crippen molar-refractivity contribution in [3.8, 4) is 16.9 Å². The number of esters is 1. The lowest BCUT2D eigenvalue weighted by Crippen LogP contribution is -2.08. The Morgan fingerprint density at radius 3 is 1.78 bits per heavy atom. The van der Waals surface area contributed by atoms with Crippen molar-refractivity contribution in [2.75, 3.05) is 0 Å². The fourth-order valence-corrected chi connectivity index (χ4v) is 2.87. The summed E-state index contributed by atoms with van der Waals surface area (Å²) in [5, 5.41) is 0. The number of hydrogen-bond acceptors (Lipinski definition) is 3. The summed E-state index contributed by atoms with van der Waals surface area (Å²) in [6.45, 7) is 3.67. The van der Waals surface area contributed by atoms with Crippen molar-refractivity contribution in [3.05, 3.63) is 89.5 Å². The minimum atomic E-state index is -0.421. The van der Waals surface area contributed by atoms with Gasteiger partial charge in [-0.25, -0.2) is 4.79 Å². The summed E-state index contributed by atoms with van der Waals surface area (Å²) in [6, 6.07) is 22.4. The van der Waals surface area contributed by atoms with Crippen molar-refractivity contribution in [1.29, 1.82) is 0 Å². The Kier molecular flexibility index (Phi) is 5.82. The van der Waals surface area contributed by atoms with Gasteiger partial charge >= 0.3 is 5.97 Å². The molecule has 0 saturated heterocycles. The molecule has 3 aromatic rings. The van der Waals surface area contributed by atoms with Gasteiger partial charge in [-0.2, -0.15) is 0 Å². The topological polar surface area (TPSA) is 43.4 Å². The molecule has 0 aromatic heterocycles. The van der Waals surface area contributed by atoms with Crippen LogP contribution >= 0.6 is 0 Å². The number of hydrogen-bond donors (Lipinski definition) is 0. The zero-order valence-corrected chi connectivity index (χ0v) is 15.6. The molecule has 3 nitrogen and oxygen atoms in total. The van der Waals surface area contributed by atoms with E-state index >= 15 is 0 Å². The van der Waals surface area contributed by atoms with Gasteiger partial charge in [0.05, 0.1) is 5.56 Å². The van der Waals surface area contributed by atoms with Gasteiger partial charge in [0, 0.05) is 5.56 Å². The largest absolute Gasteiger partial charge is 0.423 e. The summed E-state index contributed by atoms with van der Waals surface area (Å²) in [5.74, 6) is -0.0257. The second-order valence-electron chi connectivity index (χ2n) is 6.49. The SMILES string of the molecule is CCCc1ccc(-c2ccc(C(=O)Oc3ccc(C(C)=O)cc3)cc2)cc1. The van der Waals surface area contributed by atoms with Crippen molar-refractivity contribution in [2.45, 2.75) is 26.7 Å². The van der Waals surface area contributed by atoms with E-state index in [4.69, 9.17) is 4.74 Å². The van der Waals surface area contributed by atoms with Crippen LogP contribution in [0.2, 0.25) is 0 Å². The average molecular weight is 358 g/mol. The number of ether oxygens (including phenoxy) is 1. The van der Waals surface area contributed by atoms with Crippen LogP contribution in [0.4, 0.5) is 0 Å². The predicted octanol–water partition coefficient (Wildman–Crippen LogP) is 5.73. The highest BCUT2D eigenvalue weighted by Gasteiger charge is 2.09.